The Kier molecular flexibility index (Phi) is 7.41. The lowest BCUT2D eigenvalue weighted by Crippen LogP contribution is -2.23. The van der Waals surface area contributed by atoms with Crippen molar-refractivity contribution in [2.45, 2.75) is 84.0 Å². The molecule has 1 rings (SSSR count). The van der Waals surface area contributed by atoms with E-state index < -0.39 is 11.8 Å². The maximum absolute atomic E-state index is 14.2. The minimum absolute atomic E-state index is 0.241. The summed E-state index contributed by atoms with van der Waals surface area (Å²) in [7, 11) is 1.57. The first-order chi connectivity index (χ1) is 9.96. The summed E-state index contributed by atoms with van der Waals surface area (Å²) >= 11 is 0. The van der Waals surface area contributed by atoms with E-state index in [1.54, 1.807) is 13.2 Å². The van der Waals surface area contributed by atoms with E-state index in [0.29, 0.717) is 5.56 Å². The summed E-state index contributed by atoms with van der Waals surface area (Å²) in [6.07, 6.45) is 11.6. The lowest BCUT2D eigenvalue weighted by molar-refractivity contribution is 0.349. The molecule has 0 fully saturated rings. The maximum Gasteiger partial charge on any atom is 0.229 e. The summed E-state index contributed by atoms with van der Waals surface area (Å²) in [5.41, 5.74) is 0.324. The van der Waals surface area contributed by atoms with Gasteiger partial charge in [0.25, 0.3) is 0 Å². The molecule has 0 radical (unpaired) electrons. The third-order valence-electron chi connectivity index (χ3n) is 4.61. The van der Waals surface area contributed by atoms with Crippen LogP contribution in [0.3, 0.4) is 0 Å². The number of aromatic nitrogens is 1. The number of rotatable bonds is 10. The molecule has 1 unspecified atom stereocenters. The molecule has 1 atom stereocenters. The molecule has 0 bridgehead atoms. The summed E-state index contributed by atoms with van der Waals surface area (Å²) in [6, 6.07) is 0. The van der Waals surface area contributed by atoms with Crippen LogP contribution >= 0.6 is 0 Å². The number of nitrogens with zero attached hydrogens (tertiary/aromatic N) is 1. The van der Waals surface area contributed by atoms with E-state index in [0.717, 1.165) is 38.5 Å². The van der Waals surface area contributed by atoms with Crippen LogP contribution in [0.15, 0.2) is 6.20 Å². The van der Waals surface area contributed by atoms with Gasteiger partial charge in [-0.25, -0.2) is 4.39 Å². The molecule has 0 aliphatic heterocycles. The standard InChI is InChI=1S/C18H31F2N/c1-5-7-9-11-13-18(3,12-10-8-6-2)15-14-21(4)17(20)16(15)19/h14H,5-13H2,1-4H3. The highest BCUT2D eigenvalue weighted by Crippen LogP contribution is 2.37. The molecule has 1 heterocycles. The Morgan fingerprint density at radius 2 is 1.48 bits per heavy atom. The Balaban J connectivity index is 2.86. The van der Waals surface area contributed by atoms with Crippen LogP contribution < -0.4 is 0 Å². The summed E-state index contributed by atoms with van der Waals surface area (Å²) in [6.45, 7) is 6.46. The molecule has 1 aromatic heterocycles. The number of aryl methyl sites for hydroxylation is 1. The minimum Gasteiger partial charge on any atom is -0.325 e. The van der Waals surface area contributed by atoms with Gasteiger partial charge in [0.1, 0.15) is 0 Å². The van der Waals surface area contributed by atoms with Gasteiger partial charge in [-0.05, 0) is 18.3 Å². The molecule has 0 aliphatic rings. The SMILES string of the molecule is CCCCCCC(C)(CCCCC)c1cn(C)c(F)c1F. The first-order valence-corrected chi connectivity index (χ1v) is 8.47. The molecule has 0 spiro atoms. The number of halogens is 2. The molecule has 0 aliphatic carbocycles. The van der Waals surface area contributed by atoms with Crippen molar-refractivity contribution in [1.29, 1.82) is 0 Å². The second-order valence-corrected chi connectivity index (χ2v) is 6.59. The van der Waals surface area contributed by atoms with E-state index in [1.807, 2.05) is 0 Å². The first-order valence-electron chi connectivity index (χ1n) is 8.47. The zero-order chi connectivity index (χ0) is 15.9. The van der Waals surface area contributed by atoms with E-state index in [9.17, 15) is 8.78 Å². The topological polar surface area (TPSA) is 4.93 Å². The minimum atomic E-state index is -0.736. The molecule has 21 heavy (non-hydrogen) atoms. The summed E-state index contributed by atoms with van der Waals surface area (Å²) in [5.74, 6) is -1.38. The number of hydrogen-bond acceptors (Lipinski definition) is 0. The molecule has 0 amide bonds. The Morgan fingerprint density at radius 3 is 1.95 bits per heavy atom. The van der Waals surface area contributed by atoms with Gasteiger partial charge in [0.15, 0.2) is 5.82 Å². The number of unbranched alkanes of at least 4 members (excludes halogenated alkanes) is 5. The predicted octanol–water partition coefficient (Wildman–Crippen LogP) is 6.11. The highest BCUT2D eigenvalue weighted by Gasteiger charge is 2.32. The summed E-state index contributed by atoms with van der Waals surface area (Å²) < 4.78 is 29.2. The lowest BCUT2D eigenvalue weighted by atomic mass is 9.75. The van der Waals surface area contributed by atoms with Crippen LogP contribution in [0.5, 0.6) is 0 Å². The van der Waals surface area contributed by atoms with Gasteiger partial charge < -0.3 is 4.57 Å². The molecule has 3 heteroatoms. The van der Waals surface area contributed by atoms with E-state index in [2.05, 4.69) is 20.8 Å². The quantitative estimate of drug-likeness (QED) is 0.459. The van der Waals surface area contributed by atoms with Crippen LogP contribution in [0.4, 0.5) is 8.78 Å². The van der Waals surface area contributed by atoms with Gasteiger partial charge in [-0.3, -0.25) is 0 Å². The summed E-state index contributed by atoms with van der Waals surface area (Å²) in [5, 5.41) is 0. The second-order valence-electron chi connectivity index (χ2n) is 6.59. The van der Waals surface area contributed by atoms with Gasteiger partial charge in [-0.1, -0.05) is 65.7 Å². The fraction of sp³-hybridized carbons (Fsp3) is 0.778. The zero-order valence-corrected chi connectivity index (χ0v) is 14.1. The highest BCUT2D eigenvalue weighted by atomic mass is 19.2. The Morgan fingerprint density at radius 1 is 0.952 bits per heavy atom. The van der Waals surface area contributed by atoms with Crippen molar-refractivity contribution in [2.75, 3.05) is 0 Å². The van der Waals surface area contributed by atoms with Crippen molar-refractivity contribution in [3.05, 3.63) is 23.5 Å². The maximum atomic E-state index is 14.2. The van der Waals surface area contributed by atoms with Gasteiger partial charge in [0.2, 0.25) is 5.95 Å². The van der Waals surface area contributed by atoms with E-state index >= 15 is 0 Å². The van der Waals surface area contributed by atoms with Gasteiger partial charge in [0, 0.05) is 18.8 Å². The van der Waals surface area contributed by atoms with E-state index in [-0.39, 0.29) is 5.41 Å². The van der Waals surface area contributed by atoms with Crippen LogP contribution in [0, 0.1) is 11.8 Å². The van der Waals surface area contributed by atoms with Gasteiger partial charge in [0.05, 0.1) is 0 Å². The van der Waals surface area contributed by atoms with Crippen LogP contribution in [0.25, 0.3) is 0 Å². The smallest absolute Gasteiger partial charge is 0.229 e. The van der Waals surface area contributed by atoms with Crippen molar-refractivity contribution < 1.29 is 8.78 Å². The Hall–Kier alpha value is -0.860. The lowest BCUT2D eigenvalue weighted by Gasteiger charge is -2.29. The molecular weight excluding hydrogens is 268 g/mol. The van der Waals surface area contributed by atoms with Gasteiger partial charge in [-0.15, -0.1) is 0 Å². The molecule has 0 saturated heterocycles. The molecule has 0 aromatic carbocycles. The third kappa shape index (κ3) is 4.82. The van der Waals surface area contributed by atoms with Crippen LogP contribution in [-0.2, 0) is 12.5 Å². The predicted molar refractivity (Wildman–Crippen MR) is 85.6 cm³/mol. The summed E-state index contributed by atoms with van der Waals surface area (Å²) in [4.78, 5) is 0. The molecule has 1 aromatic rings. The van der Waals surface area contributed by atoms with Gasteiger partial charge in [-0.2, -0.15) is 4.39 Å². The van der Waals surface area contributed by atoms with Crippen LogP contribution in [0.1, 0.15) is 84.1 Å². The van der Waals surface area contributed by atoms with Crippen LogP contribution in [0.2, 0.25) is 0 Å². The van der Waals surface area contributed by atoms with Crippen molar-refractivity contribution in [1.82, 2.24) is 4.57 Å². The Labute approximate surface area is 128 Å². The monoisotopic (exact) mass is 299 g/mol. The zero-order valence-electron chi connectivity index (χ0n) is 14.1. The van der Waals surface area contributed by atoms with Crippen LogP contribution in [-0.4, -0.2) is 4.57 Å². The first kappa shape index (κ1) is 18.2. The fourth-order valence-electron chi connectivity index (χ4n) is 3.10. The van der Waals surface area contributed by atoms with Crippen molar-refractivity contribution in [3.8, 4) is 0 Å². The molecular formula is C18H31F2N. The molecule has 1 nitrogen and oxygen atoms in total. The van der Waals surface area contributed by atoms with Gasteiger partial charge >= 0.3 is 0 Å². The van der Waals surface area contributed by atoms with Crippen molar-refractivity contribution >= 4 is 0 Å². The second kappa shape index (κ2) is 8.55. The van der Waals surface area contributed by atoms with Crippen molar-refractivity contribution in [2.24, 2.45) is 7.05 Å². The number of hydrogen-bond donors (Lipinski definition) is 0. The normalized spacial score (nSPS) is 14.4. The molecule has 0 saturated carbocycles. The molecule has 0 N–H and O–H groups in total. The fourth-order valence-corrected chi connectivity index (χ4v) is 3.10. The largest absolute Gasteiger partial charge is 0.325 e. The highest BCUT2D eigenvalue weighted by molar-refractivity contribution is 5.25. The van der Waals surface area contributed by atoms with E-state index in [1.165, 1.54) is 23.8 Å². The average molecular weight is 299 g/mol. The molecule has 122 valence electrons. The Bertz CT molecular complexity index is 425. The van der Waals surface area contributed by atoms with E-state index in [4.69, 9.17) is 0 Å². The third-order valence-corrected chi connectivity index (χ3v) is 4.61. The van der Waals surface area contributed by atoms with Crippen molar-refractivity contribution in [3.63, 3.8) is 0 Å². The average Bonchev–Trinajstić information content (AvgIpc) is 2.72.